The molecule has 30 heavy (non-hydrogen) atoms. The van der Waals surface area contributed by atoms with E-state index in [0.29, 0.717) is 47.0 Å². The molecule has 0 bridgehead atoms. The van der Waals surface area contributed by atoms with Crippen molar-refractivity contribution in [1.29, 1.82) is 0 Å². The van der Waals surface area contributed by atoms with Gasteiger partial charge in [-0.05, 0) is 36.4 Å². The van der Waals surface area contributed by atoms with Crippen LogP contribution in [0.15, 0.2) is 53.4 Å². The number of benzene rings is 2. The van der Waals surface area contributed by atoms with Gasteiger partial charge in [-0.25, -0.2) is 8.42 Å². The molecule has 0 saturated carbocycles. The maximum absolute atomic E-state index is 12.7. The van der Waals surface area contributed by atoms with Crippen LogP contribution >= 0.6 is 22.9 Å². The van der Waals surface area contributed by atoms with Crippen molar-refractivity contribution in [2.45, 2.75) is 4.90 Å². The number of morpholine rings is 1. The van der Waals surface area contributed by atoms with Gasteiger partial charge in [-0.1, -0.05) is 35.1 Å². The Bertz CT molecular complexity index is 1140. The minimum absolute atomic E-state index is 0.141. The molecule has 0 spiro atoms. The first-order chi connectivity index (χ1) is 14.4. The summed E-state index contributed by atoms with van der Waals surface area (Å²) in [4.78, 5) is 12.6. The van der Waals surface area contributed by atoms with Gasteiger partial charge in [0, 0.05) is 29.2 Å². The van der Waals surface area contributed by atoms with Gasteiger partial charge in [0.15, 0.2) is 0 Å². The highest BCUT2D eigenvalue weighted by Gasteiger charge is 2.26. The van der Waals surface area contributed by atoms with E-state index in [1.165, 1.54) is 39.9 Å². The lowest BCUT2D eigenvalue weighted by atomic mass is 10.2. The van der Waals surface area contributed by atoms with Crippen LogP contribution in [0.3, 0.4) is 0 Å². The van der Waals surface area contributed by atoms with Gasteiger partial charge in [0.2, 0.25) is 15.2 Å². The molecule has 2 heterocycles. The zero-order chi connectivity index (χ0) is 21.1. The number of anilines is 1. The number of aromatic nitrogens is 2. The fraction of sp³-hybridized carbons (Fsp3) is 0.211. The maximum atomic E-state index is 12.7. The van der Waals surface area contributed by atoms with E-state index >= 15 is 0 Å². The average molecular weight is 465 g/mol. The molecule has 3 aromatic rings. The molecule has 2 aromatic carbocycles. The summed E-state index contributed by atoms with van der Waals surface area (Å²) < 4.78 is 31.9. The van der Waals surface area contributed by atoms with Gasteiger partial charge in [-0.2, -0.15) is 4.31 Å². The Kier molecular flexibility index (Phi) is 6.11. The largest absolute Gasteiger partial charge is 0.379 e. The highest BCUT2D eigenvalue weighted by Crippen LogP contribution is 2.27. The molecule has 11 heteroatoms. The Hall–Kier alpha value is -2.37. The topological polar surface area (TPSA) is 101 Å². The fourth-order valence-corrected chi connectivity index (χ4v) is 5.14. The third-order valence-electron chi connectivity index (χ3n) is 4.46. The van der Waals surface area contributed by atoms with E-state index < -0.39 is 15.9 Å². The maximum Gasteiger partial charge on any atom is 0.257 e. The lowest BCUT2D eigenvalue weighted by molar-refractivity contribution is 0.0730. The molecule has 0 unspecified atom stereocenters. The van der Waals surface area contributed by atoms with E-state index in [0.717, 1.165) is 5.56 Å². The van der Waals surface area contributed by atoms with Crippen molar-refractivity contribution in [3.05, 3.63) is 59.1 Å². The molecule has 4 rings (SSSR count). The lowest BCUT2D eigenvalue weighted by Gasteiger charge is -2.26. The first-order valence-corrected chi connectivity index (χ1v) is 11.7. The number of rotatable bonds is 5. The summed E-state index contributed by atoms with van der Waals surface area (Å²) in [5, 5.41) is 12.4. The summed E-state index contributed by atoms with van der Waals surface area (Å²) in [6.45, 7) is 1.38. The number of nitrogens with one attached hydrogen (secondary N) is 1. The third kappa shape index (κ3) is 4.52. The third-order valence-corrected chi connectivity index (χ3v) is 7.51. The average Bonchev–Trinajstić information content (AvgIpc) is 3.23. The monoisotopic (exact) mass is 464 g/mol. The highest BCUT2D eigenvalue weighted by molar-refractivity contribution is 7.89. The van der Waals surface area contributed by atoms with Crippen molar-refractivity contribution in [1.82, 2.24) is 14.5 Å². The molecule has 1 aliphatic rings. The number of ether oxygens (including phenoxy) is 1. The molecule has 1 saturated heterocycles. The molecule has 1 aromatic heterocycles. The van der Waals surface area contributed by atoms with E-state index in [-0.39, 0.29) is 4.90 Å². The Labute approximate surface area is 182 Å². The molecule has 156 valence electrons. The van der Waals surface area contributed by atoms with Crippen LogP contribution in [0.1, 0.15) is 10.4 Å². The van der Waals surface area contributed by atoms with E-state index in [9.17, 15) is 13.2 Å². The minimum atomic E-state index is -3.60. The van der Waals surface area contributed by atoms with Crippen LogP contribution in [0, 0.1) is 0 Å². The molecular weight excluding hydrogens is 448 g/mol. The smallest absolute Gasteiger partial charge is 0.257 e. The molecule has 8 nitrogen and oxygen atoms in total. The second-order valence-corrected chi connectivity index (χ2v) is 9.77. The van der Waals surface area contributed by atoms with Crippen molar-refractivity contribution in [3.63, 3.8) is 0 Å². The van der Waals surface area contributed by atoms with Crippen LogP contribution < -0.4 is 5.32 Å². The first-order valence-electron chi connectivity index (χ1n) is 9.02. The van der Waals surface area contributed by atoms with Crippen LogP contribution in [-0.4, -0.2) is 55.1 Å². The molecule has 1 aliphatic heterocycles. The van der Waals surface area contributed by atoms with Crippen molar-refractivity contribution in [2.75, 3.05) is 31.6 Å². The summed E-state index contributed by atoms with van der Waals surface area (Å²) in [6, 6.07) is 13.0. The number of hydrogen-bond acceptors (Lipinski definition) is 7. The second-order valence-electron chi connectivity index (χ2n) is 6.41. The van der Waals surface area contributed by atoms with Gasteiger partial charge < -0.3 is 4.74 Å². The van der Waals surface area contributed by atoms with Gasteiger partial charge in [0.05, 0.1) is 18.1 Å². The van der Waals surface area contributed by atoms with E-state index in [2.05, 4.69) is 15.5 Å². The number of hydrogen-bond donors (Lipinski definition) is 1. The Morgan fingerprint density at radius 3 is 2.37 bits per heavy atom. The van der Waals surface area contributed by atoms with Crippen LogP contribution in [0.4, 0.5) is 5.13 Å². The molecule has 1 N–H and O–H groups in total. The standard InChI is InChI=1S/C19H17ClN4O4S2/c20-15-5-1-14(2-6-15)18-22-23-19(29-18)21-17(25)13-3-7-16(8-4-13)30(26,27)24-9-11-28-12-10-24/h1-8H,9-12H2,(H,21,23,25). The van der Waals surface area contributed by atoms with E-state index in [1.807, 2.05) is 12.1 Å². The van der Waals surface area contributed by atoms with Gasteiger partial charge >= 0.3 is 0 Å². The normalized spacial score (nSPS) is 15.1. The Morgan fingerprint density at radius 1 is 1.03 bits per heavy atom. The quantitative estimate of drug-likeness (QED) is 0.622. The number of halogens is 1. The molecule has 1 fully saturated rings. The van der Waals surface area contributed by atoms with Crippen LogP contribution in [0.25, 0.3) is 10.6 Å². The van der Waals surface area contributed by atoms with Crippen molar-refractivity contribution in [3.8, 4) is 10.6 Å². The predicted octanol–water partition coefficient (Wildman–Crippen LogP) is 3.13. The zero-order valence-electron chi connectivity index (χ0n) is 15.6. The summed E-state index contributed by atoms with van der Waals surface area (Å²) >= 11 is 7.12. The molecule has 1 amide bonds. The Morgan fingerprint density at radius 2 is 1.70 bits per heavy atom. The van der Waals surface area contributed by atoms with Gasteiger partial charge in [-0.3, -0.25) is 10.1 Å². The molecule has 0 aliphatic carbocycles. The summed E-state index contributed by atoms with van der Waals surface area (Å²) in [5.74, 6) is -0.399. The number of nitrogens with zero attached hydrogens (tertiary/aromatic N) is 3. The van der Waals surface area contributed by atoms with E-state index in [4.69, 9.17) is 16.3 Å². The number of amides is 1. The zero-order valence-corrected chi connectivity index (χ0v) is 18.0. The minimum Gasteiger partial charge on any atom is -0.379 e. The van der Waals surface area contributed by atoms with Gasteiger partial charge in [0.25, 0.3) is 5.91 Å². The fourth-order valence-electron chi connectivity index (χ4n) is 2.87. The number of carbonyl (C=O) groups excluding carboxylic acids is 1. The first kappa shape index (κ1) is 20.9. The van der Waals surface area contributed by atoms with Crippen molar-refractivity contribution >= 4 is 44.0 Å². The molecule has 0 atom stereocenters. The van der Waals surface area contributed by atoms with Crippen molar-refractivity contribution in [2.24, 2.45) is 0 Å². The second kappa shape index (κ2) is 8.78. The predicted molar refractivity (Wildman–Crippen MR) is 114 cm³/mol. The summed E-state index contributed by atoms with van der Waals surface area (Å²) in [7, 11) is -3.60. The molecular formula is C19H17ClN4O4S2. The van der Waals surface area contributed by atoms with Crippen LogP contribution in [0.5, 0.6) is 0 Å². The summed E-state index contributed by atoms with van der Waals surface area (Å²) in [6.07, 6.45) is 0. The van der Waals surface area contributed by atoms with Crippen LogP contribution in [0.2, 0.25) is 5.02 Å². The van der Waals surface area contributed by atoms with Gasteiger partial charge in [-0.15, -0.1) is 10.2 Å². The van der Waals surface area contributed by atoms with Crippen LogP contribution in [-0.2, 0) is 14.8 Å². The Balaban J connectivity index is 1.45. The number of carbonyl (C=O) groups is 1. The summed E-state index contributed by atoms with van der Waals surface area (Å²) in [5.41, 5.74) is 1.16. The van der Waals surface area contributed by atoms with Gasteiger partial charge in [0.1, 0.15) is 5.01 Å². The molecule has 0 radical (unpaired) electrons. The lowest BCUT2D eigenvalue weighted by Crippen LogP contribution is -2.40. The number of sulfonamides is 1. The highest BCUT2D eigenvalue weighted by atomic mass is 35.5. The van der Waals surface area contributed by atoms with E-state index in [1.54, 1.807) is 12.1 Å². The van der Waals surface area contributed by atoms with Crippen molar-refractivity contribution < 1.29 is 17.9 Å². The SMILES string of the molecule is O=C(Nc1nnc(-c2ccc(Cl)cc2)s1)c1ccc(S(=O)(=O)N2CCOCC2)cc1.